The Morgan fingerprint density at radius 2 is 1.27 bits per heavy atom. The van der Waals surface area contributed by atoms with Crippen molar-refractivity contribution in [3.05, 3.63) is 36.5 Å². The van der Waals surface area contributed by atoms with E-state index in [4.69, 9.17) is 0 Å². The van der Waals surface area contributed by atoms with Crippen LogP contribution in [0.2, 0.25) is 0 Å². The van der Waals surface area contributed by atoms with E-state index in [0.717, 1.165) is 38.8 Å². The van der Waals surface area contributed by atoms with E-state index in [2.05, 4.69) is 43.4 Å². The van der Waals surface area contributed by atoms with Gasteiger partial charge in [-0.3, -0.25) is 4.79 Å². The molecule has 0 aromatic rings. The summed E-state index contributed by atoms with van der Waals surface area (Å²) in [5, 5.41) is 0. The van der Waals surface area contributed by atoms with Crippen LogP contribution in [0.25, 0.3) is 0 Å². The molecule has 0 saturated carbocycles. The third kappa shape index (κ3) is 13.0. The number of amides is 1. The molecule has 2 nitrogen and oxygen atoms in total. The Morgan fingerprint density at radius 3 is 1.88 bits per heavy atom. The van der Waals surface area contributed by atoms with Crippen LogP contribution in [-0.4, -0.2) is 23.9 Å². The zero-order chi connectivity index (χ0) is 18.7. The van der Waals surface area contributed by atoms with Gasteiger partial charge in [-0.2, -0.15) is 0 Å². The van der Waals surface area contributed by atoms with Gasteiger partial charge in [0, 0.05) is 19.5 Å². The van der Waals surface area contributed by atoms with Crippen molar-refractivity contribution in [1.82, 2.24) is 4.90 Å². The quantitative estimate of drug-likeness (QED) is 0.228. The molecule has 1 aliphatic heterocycles. The highest BCUT2D eigenvalue weighted by Crippen LogP contribution is 2.12. The molecule has 0 bridgehead atoms. The predicted molar refractivity (Wildman–Crippen MR) is 114 cm³/mol. The molecule has 0 N–H and O–H groups in total. The minimum absolute atomic E-state index is 0.380. The van der Waals surface area contributed by atoms with Crippen LogP contribution >= 0.6 is 0 Å². The molecule has 26 heavy (non-hydrogen) atoms. The Balaban J connectivity index is 1.84. The van der Waals surface area contributed by atoms with Crippen molar-refractivity contribution in [2.24, 2.45) is 0 Å². The molecule has 0 atom stereocenters. The van der Waals surface area contributed by atoms with Gasteiger partial charge < -0.3 is 4.90 Å². The van der Waals surface area contributed by atoms with E-state index >= 15 is 0 Å². The summed E-state index contributed by atoms with van der Waals surface area (Å²) in [4.78, 5) is 14.0. The predicted octanol–water partition coefficient (Wildman–Crippen LogP) is 6.98. The number of likely N-dealkylation sites (tertiary alicyclic amines) is 1. The summed E-state index contributed by atoms with van der Waals surface area (Å²) in [7, 11) is 0. The lowest BCUT2D eigenvalue weighted by Gasteiger charge is -2.14. The highest BCUT2D eigenvalue weighted by Gasteiger charge is 2.16. The maximum Gasteiger partial charge on any atom is 0.222 e. The van der Waals surface area contributed by atoms with E-state index in [9.17, 15) is 4.79 Å². The van der Waals surface area contributed by atoms with Gasteiger partial charge >= 0.3 is 0 Å². The number of carbonyl (C=O) groups is 1. The summed E-state index contributed by atoms with van der Waals surface area (Å²) in [5.74, 6) is 0.380. The fourth-order valence-electron chi connectivity index (χ4n) is 3.31. The van der Waals surface area contributed by atoms with Crippen LogP contribution in [0, 0.1) is 0 Å². The fourth-order valence-corrected chi connectivity index (χ4v) is 3.31. The van der Waals surface area contributed by atoms with Crippen LogP contribution in [0.5, 0.6) is 0 Å². The molecule has 1 rings (SSSR count). The van der Waals surface area contributed by atoms with E-state index < -0.39 is 0 Å². The molecular weight excluding hydrogens is 318 g/mol. The molecule has 1 fully saturated rings. The van der Waals surface area contributed by atoms with Crippen LogP contribution in [0.4, 0.5) is 0 Å². The first kappa shape index (κ1) is 22.7. The summed E-state index contributed by atoms with van der Waals surface area (Å²) >= 11 is 0. The molecule has 148 valence electrons. The monoisotopic (exact) mass is 359 g/mol. The molecule has 0 unspecified atom stereocenters. The van der Waals surface area contributed by atoms with Crippen molar-refractivity contribution in [3.63, 3.8) is 0 Å². The summed E-state index contributed by atoms with van der Waals surface area (Å²) in [5.41, 5.74) is 0. The molecule has 0 aromatic carbocycles. The lowest BCUT2D eigenvalue weighted by molar-refractivity contribution is -0.130. The molecule has 1 amide bonds. The second-order valence-electron chi connectivity index (χ2n) is 7.42. The second kappa shape index (κ2) is 17.1. The van der Waals surface area contributed by atoms with Gasteiger partial charge in [0.25, 0.3) is 0 Å². The molecule has 1 heterocycles. The largest absolute Gasteiger partial charge is 0.343 e. The van der Waals surface area contributed by atoms with Crippen molar-refractivity contribution < 1.29 is 4.79 Å². The van der Waals surface area contributed by atoms with Gasteiger partial charge in [-0.1, -0.05) is 69.1 Å². The molecular formula is C24H41NO. The van der Waals surface area contributed by atoms with E-state index in [-0.39, 0.29) is 0 Å². The van der Waals surface area contributed by atoms with E-state index in [1.807, 2.05) is 4.90 Å². The lowest BCUT2D eigenvalue weighted by atomic mass is 10.1. The van der Waals surface area contributed by atoms with Crippen molar-refractivity contribution >= 4 is 5.91 Å². The first-order valence-corrected chi connectivity index (χ1v) is 11.1. The molecule has 0 aromatic heterocycles. The Kier molecular flexibility index (Phi) is 15.0. The van der Waals surface area contributed by atoms with Crippen molar-refractivity contribution in [2.75, 3.05) is 13.1 Å². The number of unbranched alkanes of at least 4 members (excludes halogenated alkanes) is 7. The van der Waals surface area contributed by atoms with Gasteiger partial charge in [0.2, 0.25) is 5.91 Å². The first-order chi connectivity index (χ1) is 12.8. The van der Waals surface area contributed by atoms with Gasteiger partial charge in [0.15, 0.2) is 0 Å². The number of hydrogen-bond acceptors (Lipinski definition) is 1. The molecule has 0 spiro atoms. The second-order valence-corrected chi connectivity index (χ2v) is 7.42. The third-order valence-electron chi connectivity index (χ3n) is 4.99. The smallest absolute Gasteiger partial charge is 0.222 e. The Hall–Kier alpha value is -1.31. The summed E-state index contributed by atoms with van der Waals surface area (Å²) in [6.45, 7) is 4.24. The third-order valence-corrected chi connectivity index (χ3v) is 4.99. The highest BCUT2D eigenvalue weighted by molar-refractivity contribution is 5.76. The van der Waals surface area contributed by atoms with E-state index in [0.29, 0.717) is 5.91 Å². The average molecular weight is 360 g/mol. The maximum absolute atomic E-state index is 11.9. The molecule has 0 radical (unpaired) electrons. The van der Waals surface area contributed by atoms with Gasteiger partial charge in [-0.05, 0) is 57.8 Å². The topological polar surface area (TPSA) is 20.3 Å². The zero-order valence-corrected chi connectivity index (χ0v) is 17.1. The number of hydrogen-bond donors (Lipinski definition) is 0. The summed E-state index contributed by atoms with van der Waals surface area (Å²) in [6.07, 6.45) is 30.1. The average Bonchev–Trinajstić information content (AvgIpc) is 3.19. The zero-order valence-electron chi connectivity index (χ0n) is 17.1. The Bertz CT molecular complexity index is 416. The van der Waals surface area contributed by atoms with E-state index in [1.165, 1.54) is 64.2 Å². The molecule has 0 aliphatic carbocycles. The van der Waals surface area contributed by atoms with Crippen LogP contribution in [0.1, 0.15) is 96.8 Å². The lowest BCUT2D eigenvalue weighted by Crippen LogP contribution is -2.27. The van der Waals surface area contributed by atoms with E-state index in [1.54, 1.807) is 0 Å². The molecule has 2 heteroatoms. The van der Waals surface area contributed by atoms with Crippen LogP contribution < -0.4 is 0 Å². The van der Waals surface area contributed by atoms with Crippen molar-refractivity contribution in [2.45, 2.75) is 96.8 Å². The Labute approximate surface area is 162 Å². The number of rotatable bonds is 15. The summed E-state index contributed by atoms with van der Waals surface area (Å²) < 4.78 is 0. The van der Waals surface area contributed by atoms with Crippen molar-refractivity contribution in [1.29, 1.82) is 0 Å². The van der Waals surface area contributed by atoms with Gasteiger partial charge in [-0.25, -0.2) is 0 Å². The van der Waals surface area contributed by atoms with Crippen LogP contribution in [0.3, 0.4) is 0 Å². The van der Waals surface area contributed by atoms with Crippen LogP contribution in [-0.2, 0) is 4.79 Å². The number of nitrogens with zero attached hydrogens (tertiary/aromatic N) is 1. The number of carbonyl (C=O) groups excluding carboxylic acids is 1. The fraction of sp³-hybridized carbons (Fsp3) is 0.708. The van der Waals surface area contributed by atoms with Gasteiger partial charge in [-0.15, -0.1) is 0 Å². The first-order valence-electron chi connectivity index (χ1n) is 11.1. The SMILES string of the molecule is CCCCCC=CCC=CCC=CCCCCCCC(=O)N1CCCC1. The Morgan fingerprint density at radius 1 is 0.731 bits per heavy atom. The minimum Gasteiger partial charge on any atom is -0.343 e. The summed E-state index contributed by atoms with van der Waals surface area (Å²) in [6, 6.07) is 0. The van der Waals surface area contributed by atoms with Crippen molar-refractivity contribution in [3.8, 4) is 0 Å². The normalized spacial score (nSPS) is 15.2. The standard InChI is InChI=1S/C24H41NO/c1-2-3-4-5-6-7-8-9-10-11-12-13-14-15-16-17-18-21-24(26)25-22-19-20-23-25/h6-7,9-10,12-13H,2-5,8,11,14-23H2,1H3. The molecule has 1 aliphatic rings. The maximum atomic E-state index is 11.9. The van der Waals surface area contributed by atoms with Gasteiger partial charge in [0.05, 0.1) is 0 Å². The van der Waals surface area contributed by atoms with Gasteiger partial charge in [0.1, 0.15) is 0 Å². The van der Waals surface area contributed by atoms with Crippen LogP contribution in [0.15, 0.2) is 36.5 Å². The molecule has 1 saturated heterocycles. The highest BCUT2D eigenvalue weighted by atomic mass is 16.2. The minimum atomic E-state index is 0.380. The number of allylic oxidation sites excluding steroid dienone is 6.